The van der Waals surface area contributed by atoms with Gasteiger partial charge in [-0.15, -0.1) is 0 Å². The number of urea groups is 1. The third-order valence-electron chi connectivity index (χ3n) is 3.51. The highest BCUT2D eigenvalue weighted by molar-refractivity contribution is 5.74. The molecule has 0 aliphatic carbocycles. The molecule has 3 N–H and O–H groups in total. The van der Waals surface area contributed by atoms with Gasteiger partial charge in [0.25, 0.3) is 0 Å². The van der Waals surface area contributed by atoms with Crippen molar-refractivity contribution < 1.29 is 23.4 Å². The molecule has 0 aromatic heterocycles. The molecule has 24 heavy (non-hydrogen) atoms. The maximum absolute atomic E-state index is 12.2. The van der Waals surface area contributed by atoms with E-state index in [0.717, 1.165) is 0 Å². The van der Waals surface area contributed by atoms with Crippen molar-refractivity contribution in [2.45, 2.75) is 52.9 Å². The summed E-state index contributed by atoms with van der Waals surface area (Å²) in [5, 5.41) is 15.0. The summed E-state index contributed by atoms with van der Waals surface area (Å²) in [5.74, 6) is 0.0506. The number of carbonyl (C=O) groups excluding carboxylic acids is 1. The fraction of sp³-hybridized carbons (Fsp3) is 0.588. The second-order valence-electron chi connectivity index (χ2n) is 6.72. The summed E-state index contributed by atoms with van der Waals surface area (Å²) in [7, 11) is 0. The van der Waals surface area contributed by atoms with E-state index in [1.165, 1.54) is 12.1 Å². The first kappa shape index (κ1) is 20.2. The smallest absolute Gasteiger partial charge is 0.387 e. The van der Waals surface area contributed by atoms with E-state index in [-0.39, 0.29) is 23.2 Å². The molecular formula is C17H26F2N2O3. The van der Waals surface area contributed by atoms with Gasteiger partial charge in [0.1, 0.15) is 5.75 Å². The monoisotopic (exact) mass is 344 g/mol. The minimum Gasteiger partial charge on any atom is -0.435 e. The van der Waals surface area contributed by atoms with E-state index in [2.05, 4.69) is 15.4 Å². The van der Waals surface area contributed by atoms with Crippen LogP contribution in [0.25, 0.3) is 0 Å². The lowest BCUT2D eigenvalue weighted by molar-refractivity contribution is -0.0499. The first-order valence-corrected chi connectivity index (χ1v) is 7.86. The quantitative estimate of drug-likeness (QED) is 0.676. The Kier molecular flexibility index (Phi) is 7.41. The highest BCUT2D eigenvalue weighted by atomic mass is 19.3. The van der Waals surface area contributed by atoms with Gasteiger partial charge < -0.3 is 20.5 Å². The highest BCUT2D eigenvalue weighted by Gasteiger charge is 2.21. The van der Waals surface area contributed by atoms with Crippen LogP contribution >= 0.6 is 0 Å². The first-order valence-electron chi connectivity index (χ1n) is 7.86. The highest BCUT2D eigenvalue weighted by Crippen LogP contribution is 2.22. The predicted molar refractivity (Wildman–Crippen MR) is 88.1 cm³/mol. The number of halogens is 2. The van der Waals surface area contributed by atoms with Gasteiger partial charge in [-0.25, -0.2) is 4.79 Å². The van der Waals surface area contributed by atoms with Crippen LogP contribution in [0.1, 0.15) is 45.7 Å². The number of amides is 2. The molecule has 2 amide bonds. The van der Waals surface area contributed by atoms with Crippen LogP contribution in [0.2, 0.25) is 0 Å². The number of hydrogen-bond donors (Lipinski definition) is 3. The molecule has 0 aliphatic rings. The van der Waals surface area contributed by atoms with E-state index in [0.29, 0.717) is 18.5 Å². The molecule has 0 spiro atoms. The summed E-state index contributed by atoms with van der Waals surface area (Å²) in [6.07, 6.45) is 0.122. The Hall–Kier alpha value is -1.89. The Morgan fingerprint density at radius 3 is 2.58 bits per heavy atom. The van der Waals surface area contributed by atoms with Gasteiger partial charge in [0.05, 0.1) is 12.1 Å². The lowest BCUT2D eigenvalue weighted by atomic mass is 9.87. The molecule has 2 unspecified atom stereocenters. The van der Waals surface area contributed by atoms with E-state index in [4.69, 9.17) is 0 Å². The molecule has 1 rings (SSSR count). The molecule has 0 aliphatic heterocycles. The fourth-order valence-corrected chi connectivity index (χ4v) is 2.48. The maximum Gasteiger partial charge on any atom is 0.387 e. The SMILES string of the molecule is CC(O)CC(C)(C)CNC(=O)NC(C)c1cccc(OC(F)F)c1. The summed E-state index contributed by atoms with van der Waals surface area (Å²) < 4.78 is 28.8. The minimum absolute atomic E-state index is 0.0506. The Bertz CT molecular complexity index is 536. The third kappa shape index (κ3) is 7.59. The molecule has 5 nitrogen and oxygen atoms in total. The zero-order valence-electron chi connectivity index (χ0n) is 14.5. The van der Waals surface area contributed by atoms with Gasteiger partial charge in [-0.05, 0) is 43.4 Å². The van der Waals surface area contributed by atoms with Gasteiger partial charge in [-0.1, -0.05) is 26.0 Å². The molecule has 136 valence electrons. The van der Waals surface area contributed by atoms with Crippen LogP contribution in [-0.2, 0) is 0 Å². The van der Waals surface area contributed by atoms with Gasteiger partial charge in [0.15, 0.2) is 0 Å². The lowest BCUT2D eigenvalue weighted by Crippen LogP contribution is -2.42. The van der Waals surface area contributed by atoms with Crippen molar-refractivity contribution in [3.63, 3.8) is 0 Å². The molecule has 2 atom stereocenters. The number of benzene rings is 1. The summed E-state index contributed by atoms with van der Waals surface area (Å²) in [6, 6.07) is 5.48. The largest absolute Gasteiger partial charge is 0.435 e. The summed E-state index contributed by atoms with van der Waals surface area (Å²) in [6.45, 7) is 4.89. The number of aliphatic hydroxyl groups is 1. The van der Waals surface area contributed by atoms with Crippen molar-refractivity contribution >= 4 is 6.03 Å². The average Bonchev–Trinajstić information content (AvgIpc) is 2.43. The first-order chi connectivity index (χ1) is 11.1. The molecule has 7 heteroatoms. The molecule has 1 aromatic rings. The summed E-state index contributed by atoms with van der Waals surface area (Å²) >= 11 is 0. The average molecular weight is 344 g/mol. The molecule has 0 heterocycles. The molecule has 0 bridgehead atoms. The van der Waals surface area contributed by atoms with Gasteiger partial charge in [0.2, 0.25) is 0 Å². The van der Waals surface area contributed by atoms with E-state index >= 15 is 0 Å². The van der Waals surface area contributed by atoms with Gasteiger partial charge in [-0.3, -0.25) is 0 Å². The van der Waals surface area contributed by atoms with Gasteiger partial charge >= 0.3 is 12.6 Å². The van der Waals surface area contributed by atoms with Crippen molar-refractivity contribution in [2.24, 2.45) is 5.41 Å². The summed E-state index contributed by atoms with van der Waals surface area (Å²) in [5.41, 5.74) is 0.422. The third-order valence-corrected chi connectivity index (χ3v) is 3.51. The van der Waals surface area contributed by atoms with E-state index in [9.17, 15) is 18.7 Å². The molecule has 1 aromatic carbocycles. The Morgan fingerprint density at radius 2 is 2.00 bits per heavy atom. The van der Waals surface area contributed by atoms with E-state index < -0.39 is 12.7 Å². The van der Waals surface area contributed by atoms with Crippen LogP contribution in [0.15, 0.2) is 24.3 Å². The van der Waals surface area contributed by atoms with Gasteiger partial charge in [-0.2, -0.15) is 8.78 Å². The Morgan fingerprint density at radius 1 is 1.33 bits per heavy atom. The predicted octanol–water partition coefficient (Wildman–Crippen LogP) is 3.45. The second kappa shape index (κ2) is 8.82. The number of hydrogen-bond acceptors (Lipinski definition) is 3. The number of carbonyl (C=O) groups is 1. The van der Waals surface area contributed by atoms with Crippen LogP contribution in [-0.4, -0.2) is 30.4 Å². The van der Waals surface area contributed by atoms with Crippen LogP contribution in [0.3, 0.4) is 0 Å². The fourth-order valence-electron chi connectivity index (χ4n) is 2.48. The minimum atomic E-state index is -2.89. The van der Waals surface area contributed by atoms with Crippen LogP contribution in [0.4, 0.5) is 13.6 Å². The normalized spacial score (nSPS) is 14.2. The van der Waals surface area contributed by atoms with Gasteiger partial charge in [0, 0.05) is 6.54 Å². The Labute approximate surface area is 141 Å². The standard InChI is InChI=1S/C17H26F2N2O3/c1-11(22)9-17(3,4)10-20-16(23)21-12(2)13-6-5-7-14(8-13)24-15(18)19/h5-8,11-12,15,22H,9-10H2,1-4H3,(H2,20,21,23). The number of ether oxygens (including phenoxy) is 1. The second-order valence-corrected chi connectivity index (χ2v) is 6.72. The van der Waals surface area contributed by atoms with Crippen molar-refractivity contribution in [3.8, 4) is 5.75 Å². The van der Waals surface area contributed by atoms with Crippen molar-refractivity contribution in [3.05, 3.63) is 29.8 Å². The number of rotatable bonds is 8. The molecule has 0 fully saturated rings. The van der Waals surface area contributed by atoms with E-state index in [1.807, 2.05) is 13.8 Å². The van der Waals surface area contributed by atoms with Crippen molar-refractivity contribution in [2.75, 3.05) is 6.54 Å². The summed E-state index contributed by atoms with van der Waals surface area (Å²) in [4.78, 5) is 12.0. The number of aliphatic hydroxyl groups excluding tert-OH is 1. The Balaban J connectivity index is 2.55. The van der Waals surface area contributed by atoms with E-state index in [1.54, 1.807) is 26.0 Å². The zero-order chi connectivity index (χ0) is 18.3. The van der Waals surface area contributed by atoms with Crippen LogP contribution in [0, 0.1) is 5.41 Å². The molecular weight excluding hydrogens is 318 g/mol. The molecule has 0 saturated heterocycles. The van der Waals surface area contributed by atoms with Crippen LogP contribution < -0.4 is 15.4 Å². The van der Waals surface area contributed by atoms with Crippen LogP contribution in [0.5, 0.6) is 5.75 Å². The van der Waals surface area contributed by atoms with Crippen molar-refractivity contribution in [1.82, 2.24) is 10.6 Å². The number of alkyl halides is 2. The zero-order valence-corrected chi connectivity index (χ0v) is 14.5. The van der Waals surface area contributed by atoms with Crippen molar-refractivity contribution in [1.29, 1.82) is 0 Å². The number of nitrogens with one attached hydrogen (secondary N) is 2. The molecule has 0 radical (unpaired) electrons. The molecule has 0 saturated carbocycles. The topological polar surface area (TPSA) is 70.6 Å². The maximum atomic E-state index is 12.2. The lowest BCUT2D eigenvalue weighted by Gasteiger charge is -2.27.